The van der Waals surface area contributed by atoms with Gasteiger partial charge in [0.15, 0.2) is 6.29 Å². The van der Waals surface area contributed by atoms with Crippen LogP contribution in [0.3, 0.4) is 0 Å². The molecule has 2 aromatic rings. The molecular weight excluding hydrogens is 272 g/mol. The minimum atomic E-state index is -0.650. The van der Waals surface area contributed by atoms with E-state index < -0.39 is 11.8 Å². The van der Waals surface area contributed by atoms with Crippen LogP contribution >= 0.6 is 0 Å². The molecule has 108 valence electrons. The van der Waals surface area contributed by atoms with Crippen LogP contribution in [0, 0.1) is 0 Å². The SMILES string of the molecule is NC(=O)CN(CC(N)=O)c1nc2ccccc2cc1C=O. The van der Waals surface area contributed by atoms with Crippen molar-refractivity contribution in [2.75, 3.05) is 18.0 Å². The molecule has 1 aromatic heterocycles. The van der Waals surface area contributed by atoms with E-state index in [4.69, 9.17) is 11.5 Å². The Hall–Kier alpha value is -2.96. The van der Waals surface area contributed by atoms with Gasteiger partial charge in [-0.2, -0.15) is 0 Å². The molecule has 2 amide bonds. The molecule has 0 aliphatic carbocycles. The number of carbonyl (C=O) groups excluding carboxylic acids is 3. The topological polar surface area (TPSA) is 119 Å². The van der Waals surface area contributed by atoms with Gasteiger partial charge in [-0.05, 0) is 12.1 Å². The first-order valence-electron chi connectivity index (χ1n) is 6.18. The quantitative estimate of drug-likeness (QED) is 0.714. The lowest BCUT2D eigenvalue weighted by Gasteiger charge is -2.22. The van der Waals surface area contributed by atoms with Crippen LogP contribution in [-0.2, 0) is 9.59 Å². The monoisotopic (exact) mass is 286 g/mol. The Bertz CT molecular complexity index is 698. The molecule has 0 saturated carbocycles. The highest BCUT2D eigenvalue weighted by molar-refractivity contribution is 5.94. The fourth-order valence-electron chi connectivity index (χ4n) is 2.04. The van der Waals surface area contributed by atoms with Gasteiger partial charge in [0.25, 0.3) is 0 Å². The summed E-state index contributed by atoms with van der Waals surface area (Å²) >= 11 is 0. The highest BCUT2D eigenvalue weighted by Crippen LogP contribution is 2.22. The maximum atomic E-state index is 11.2. The molecule has 0 spiro atoms. The van der Waals surface area contributed by atoms with Gasteiger partial charge in [0.1, 0.15) is 5.82 Å². The maximum Gasteiger partial charge on any atom is 0.237 e. The molecule has 0 radical (unpaired) electrons. The zero-order chi connectivity index (χ0) is 15.4. The van der Waals surface area contributed by atoms with Crippen LogP contribution in [0.5, 0.6) is 0 Å². The molecule has 0 unspecified atom stereocenters. The smallest absolute Gasteiger partial charge is 0.237 e. The Morgan fingerprint density at radius 1 is 1.14 bits per heavy atom. The van der Waals surface area contributed by atoms with E-state index in [-0.39, 0.29) is 24.5 Å². The molecule has 21 heavy (non-hydrogen) atoms. The number of anilines is 1. The Labute approximate surface area is 120 Å². The fraction of sp³-hybridized carbons (Fsp3) is 0.143. The number of carbonyl (C=O) groups is 3. The van der Waals surface area contributed by atoms with Gasteiger partial charge in [0, 0.05) is 5.39 Å². The van der Waals surface area contributed by atoms with Crippen molar-refractivity contribution >= 4 is 34.8 Å². The molecule has 0 atom stereocenters. The Balaban J connectivity index is 2.56. The number of benzene rings is 1. The van der Waals surface area contributed by atoms with E-state index in [0.717, 1.165) is 5.39 Å². The van der Waals surface area contributed by atoms with Crippen LogP contribution in [0.15, 0.2) is 30.3 Å². The number of hydrogen-bond donors (Lipinski definition) is 2. The molecular formula is C14H14N4O3. The van der Waals surface area contributed by atoms with Gasteiger partial charge in [-0.15, -0.1) is 0 Å². The van der Waals surface area contributed by atoms with Gasteiger partial charge in [-0.25, -0.2) is 4.98 Å². The number of pyridine rings is 1. The fourth-order valence-corrected chi connectivity index (χ4v) is 2.04. The van der Waals surface area contributed by atoms with Crippen LogP contribution in [0.4, 0.5) is 5.82 Å². The number of amides is 2. The molecule has 1 aromatic carbocycles. The summed E-state index contributed by atoms with van der Waals surface area (Å²) < 4.78 is 0. The Morgan fingerprint density at radius 3 is 2.33 bits per heavy atom. The minimum absolute atomic E-state index is 0.210. The van der Waals surface area contributed by atoms with Crippen molar-refractivity contribution in [1.29, 1.82) is 0 Å². The van der Waals surface area contributed by atoms with E-state index in [9.17, 15) is 14.4 Å². The number of rotatable bonds is 6. The van der Waals surface area contributed by atoms with Gasteiger partial charge in [-0.1, -0.05) is 18.2 Å². The predicted octanol–water partition coefficient (Wildman–Crippen LogP) is -0.176. The average molecular weight is 286 g/mol. The summed E-state index contributed by atoms with van der Waals surface area (Å²) in [6.45, 7) is -0.510. The third-order valence-electron chi connectivity index (χ3n) is 2.85. The molecule has 0 saturated heterocycles. The molecule has 1 heterocycles. The Kier molecular flexibility index (Phi) is 4.13. The summed E-state index contributed by atoms with van der Waals surface area (Å²) in [5, 5.41) is 0.779. The Morgan fingerprint density at radius 2 is 1.76 bits per heavy atom. The van der Waals surface area contributed by atoms with E-state index in [2.05, 4.69) is 4.98 Å². The van der Waals surface area contributed by atoms with Gasteiger partial charge in [0.05, 0.1) is 24.2 Å². The summed E-state index contributed by atoms with van der Waals surface area (Å²) in [6.07, 6.45) is 0.615. The van der Waals surface area contributed by atoms with Crippen LogP contribution in [0.25, 0.3) is 10.9 Å². The first-order valence-corrected chi connectivity index (χ1v) is 6.18. The molecule has 0 fully saturated rings. The second-order valence-corrected chi connectivity index (χ2v) is 4.50. The van der Waals surface area contributed by atoms with Crippen molar-refractivity contribution in [3.8, 4) is 0 Å². The summed E-state index contributed by atoms with van der Waals surface area (Å²) in [7, 11) is 0. The summed E-state index contributed by atoms with van der Waals surface area (Å²) in [4.78, 5) is 39.2. The van der Waals surface area contributed by atoms with Crippen LogP contribution in [-0.4, -0.2) is 36.2 Å². The number of aromatic nitrogens is 1. The lowest BCUT2D eigenvalue weighted by atomic mass is 10.1. The van der Waals surface area contributed by atoms with Crippen molar-refractivity contribution < 1.29 is 14.4 Å². The van der Waals surface area contributed by atoms with Gasteiger partial charge >= 0.3 is 0 Å². The second kappa shape index (κ2) is 6.00. The van der Waals surface area contributed by atoms with Crippen LogP contribution in [0.1, 0.15) is 10.4 Å². The lowest BCUT2D eigenvalue weighted by molar-refractivity contribution is -0.117. The number of para-hydroxylation sites is 1. The van der Waals surface area contributed by atoms with Crippen molar-refractivity contribution in [3.05, 3.63) is 35.9 Å². The first kappa shape index (κ1) is 14.4. The van der Waals surface area contributed by atoms with Crippen LogP contribution in [0.2, 0.25) is 0 Å². The normalized spacial score (nSPS) is 10.3. The lowest BCUT2D eigenvalue weighted by Crippen LogP contribution is -2.40. The largest absolute Gasteiger partial charge is 0.368 e. The summed E-state index contributed by atoms with van der Waals surface area (Å²) in [5.74, 6) is -1.09. The van der Waals surface area contributed by atoms with Crippen molar-refractivity contribution in [2.24, 2.45) is 11.5 Å². The zero-order valence-corrected chi connectivity index (χ0v) is 11.2. The number of fused-ring (bicyclic) bond motifs is 1. The molecule has 4 N–H and O–H groups in total. The highest BCUT2D eigenvalue weighted by atomic mass is 16.2. The molecule has 0 aliphatic rings. The average Bonchev–Trinajstić information content (AvgIpc) is 2.44. The standard InChI is InChI=1S/C14H14N4O3/c15-12(20)6-18(7-13(16)21)14-10(8-19)5-9-3-1-2-4-11(9)17-14/h1-5,8H,6-7H2,(H2,15,20)(H2,16,21). The van der Waals surface area contributed by atoms with Crippen molar-refractivity contribution in [1.82, 2.24) is 4.98 Å². The van der Waals surface area contributed by atoms with E-state index in [1.165, 1.54) is 4.90 Å². The maximum absolute atomic E-state index is 11.2. The molecule has 0 bridgehead atoms. The first-order chi connectivity index (χ1) is 10.0. The zero-order valence-electron chi connectivity index (χ0n) is 11.2. The minimum Gasteiger partial charge on any atom is -0.368 e. The van der Waals surface area contributed by atoms with Crippen LogP contribution < -0.4 is 16.4 Å². The molecule has 7 nitrogen and oxygen atoms in total. The number of primary amides is 2. The predicted molar refractivity (Wildman–Crippen MR) is 77.7 cm³/mol. The van der Waals surface area contributed by atoms with Crippen molar-refractivity contribution in [2.45, 2.75) is 0 Å². The highest BCUT2D eigenvalue weighted by Gasteiger charge is 2.18. The number of nitrogens with two attached hydrogens (primary N) is 2. The molecule has 7 heteroatoms. The van der Waals surface area contributed by atoms with Gasteiger partial charge in [0.2, 0.25) is 11.8 Å². The van der Waals surface area contributed by atoms with E-state index >= 15 is 0 Å². The number of aldehydes is 1. The number of hydrogen-bond acceptors (Lipinski definition) is 5. The van der Waals surface area contributed by atoms with Gasteiger partial charge in [-0.3, -0.25) is 14.4 Å². The van der Waals surface area contributed by atoms with Crippen molar-refractivity contribution in [3.63, 3.8) is 0 Å². The summed E-state index contributed by atoms with van der Waals surface area (Å²) in [6, 6.07) is 8.83. The van der Waals surface area contributed by atoms with Gasteiger partial charge < -0.3 is 16.4 Å². The molecule has 0 aliphatic heterocycles. The van der Waals surface area contributed by atoms with E-state index in [1.807, 2.05) is 12.1 Å². The molecule has 2 rings (SSSR count). The van der Waals surface area contributed by atoms with E-state index in [0.29, 0.717) is 11.8 Å². The van der Waals surface area contributed by atoms with E-state index in [1.54, 1.807) is 18.2 Å². The summed E-state index contributed by atoms with van der Waals surface area (Å²) in [5.41, 5.74) is 11.2. The second-order valence-electron chi connectivity index (χ2n) is 4.50. The third kappa shape index (κ3) is 3.33. The number of nitrogens with zero attached hydrogens (tertiary/aromatic N) is 2. The third-order valence-corrected chi connectivity index (χ3v) is 2.85.